The fraction of sp³-hybridized carbons (Fsp3) is 0.231. The van der Waals surface area contributed by atoms with Crippen LogP contribution in [0.4, 0.5) is 9.18 Å². The number of carbonyl (C=O) groups excluding carboxylic acids is 3. The lowest BCUT2D eigenvalue weighted by molar-refractivity contribution is -0.140. The quantitative estimate of drug-likeness (QED) is 0.379. The molecule has 1 spiro atoms. The van der Waals surface area contributed by atoms with Gasteiger partial charge in [0, 0.05) is 12.0 Å². The molecule has 0 bridgehead atoms. The van der Waals surface area contributed by atoms with E-state index in [0.29, 0.717) is 28.6 Å². The van der Waals surface area contributed by atoms with Crippen molar-refractivity contribution in [2.45, 2.75) is 29.3 Å². The summed E-state index contributed by atoms with van der Waals surface area (Å²) >= 11 is 0. The topological polar surface area (TPSA) is 142 Å². The number of sulfone groups is 1. The number of hydrazone groups is 1. The second-order valence-corrected chi connectivity index (χ2v) is 11.4. The molecule has 6 rings (SSSR count). The molecule has 3 aromatic rings. The van der Waals surface area contributed by atoms with E-state index in [2.05, 4.69) is 10.4 Å². The van der Waals surface area contributed by atoms with Gasteiger partial charge in [-0.25, -0.2) is 22.6 Å². The van der Waals surface area contributed by atoms with Crippen LogP contribution in [0.25, 0.3) is 6.08 Å². The van der Waals surface area contributed by atoms with Crippen LogP contribution in [0, 0.1) is 5.82 Å². The molecule has 200 valence electrons. The van der Waals surface area contributed by atoms with Gasteiger partial charge in [-0.3, -0.25) is 14.5 Å². The number of allylic oxidation sites excluding steroid dienone is 1. The summed E-state index contributed by atoms with van der Waals surface area (Å²) in [4.78, 5) is 40.5. The van der Waals surface area contributed by atoms with Gasteiger partial charge in [0.05, 0.1) is 28.9 Å². The summed E-state index contributed by atoms with van der Waals surface area (Å²) < 4.78 is 50.1. The minimum Gasteiger partial charge on any atom is -0.467 e. The van der Waals surface area contributed by atoms with Gasteiger partial charge in [-0.05, 0) is 61.0 Å². The average Bonchev–Trinajstić information content (AvgIpc) is 3.70. The molecule has 3 aliphatic heterocycles. The molecular formula is C26H21FN4O7S. The van der Waals surface area contributed by atoms with Crippen molar-refractivity contribution in [2.24, 2.45) is 5.10 Å². The normalized spacial score (nSPS) is 23.9. The Kier molecular flexibility index (Phi) is 5.75. The Bertz CT molecular complexity index is 1650. The second kappa shape index (κ2) is 9.05. The van der Waals surface area contributed by atoms with Crippen molar-refractivity contribution in [3.63, 3.8) is 0 Å². The van der Waals surface area contributed by atoms with Crippen molar-refractivity contribution >= 4 is 39.5 Å². The number of amides is 4. The first-order valence-electron chi connectivity index (χ1n) is 12.0. The van der Waals surface area contributed by atoms with Gasteiger partial charge in [0.1, 0.15) is 35.5 Å². The monoisotopic (exact) mass is 552 g/mol. The number of fused-ring (bicyclic) bond motifs is 2. The summed E-state index contributed by atoms with van der Waals surface area (Å²) in [5.41, 5.74) is -1.41. The fourth-order valence-electron chi connectivity index (χ4n) is 5.10. The predicted octanol–water partition coefficient (Wildman–Crippen LogP) is 2.98. The first kappa shape index (κ1) is 24.8. The molecule has 1 N–H and O–H groups in total. The van der Waals surface area contributed by atoms with Gasteiger partial charge < -0.3 is 14.2 Å². The number of nitrogens with one attached hydrogen (secondary N) is 1. The van der Waals surface area contributed by atoms with Crippen molar-refractivity contribution in [3.8, 4) is 0 Å². The lowest BCUT2D eigenvalue weighted by atomic mass is 9.86. The van der Waals surface area contributed by atoms with Crippen LogP contribution >= 0.6 is 0 Å². The van der Waals surface area contributed by atoms with Crippen LogP contribution in [-0.4, -0.2) is 54.2 Å². The van der Waals surface area contributed by atoms with Crippen LogP contribution in [0.15, 0.2) is 79.9 Å². The zero-order valence-corrected chi connectivity index (χ0v) is 21.1. The summed E-state index contributed by atoms with van der Waals surface area (Å²) in [7, 11) is -3.78. The Morgan fingerprint density at radius 2 is 1.95 bits per heavy atom. The number of urea groups is 1. The first-order chi connectivity index (χ1) is 18.7. The Hall–Kier alpha value is -4.52. The SMILES string of the molecule is O=C1NC2(CCS(=O)(=O)c3ccc(F)cc32)C(=O)N1CC(=O)N1N=C(/C=C/c2ccco2)CC1c1ccco1. The smallest absolute Gasteiger partial charge is 0.325 e. The van der Waals surface area contributed by atoms with Crippen molar-refractivity contribution in [2.75, 3.05) is 12.3 Å². The van der Waals surface area contributed by atoms with Crippen LogP contribution in [0.5, 0.6) is 0 Å². The highest BCUT2D eigenvalue weighted by Gasteiger charge is 2.57. The molecule has 2 unspecified atom stereocenters. The molecule has 2 aromatic heterocycles. The third-order valence-corrected chi connectivity index (χ3v) is 8.76. The number of rotatable bonds is 5. The lowest BCUT2D eigenvalue weighted by Crippen LogP contribution is -2.49. The number of carbonyl (C=O) groups is 3. The Balaban J connectivity index is 1.29. The molecule has 1 fully saturated rings. The summed E-state index contributed by atoms with van der Waals surface area (Å²) in [6.45, 7) is -0.667. The molecule has 11 nitrogen and oxygen atoms in total. The van der Waals surface area contributed by atoms with Gasteiger partial charge in [0.15, 0.2) is 9.84 Å². The second-order valence-electron chi connectivity index (χ2n) is 9.35. The highest BCUT2D eigenvalue weighted by molar-refractivity contribution is 7.91. The van der Waals surface area contributed by atoms with Crippen molar-refractivity contribution < 1.29 is 36.0 Å². The number of benzene rings is 1. The molecular weight excluding hydrogens is 531 g/mol. The van der Waals surface area contributed by atoms with Crippen LogP contribution < -0.4 is 5.32 Å². The molecule has 2 atom stereocenters. The number of hydrogen-bond acceptors (Lipinski definition) is 8. The largest absolute Gasteiger partial charge is 0.467 e. The Morgan fingerprint density at radius 3 is 2.69 bits per heavy atom. The van der Waals surface area contributed by atoms with E-state index in [-0.39, 0.29) is 16.9 Å². The number of hydrogen-bond donors (Lipinski definition) is 1. The van der Waals surface area contributed by atoms with E-state index in [1.54, 1.807) is 36.4 Å². The van der Waals surface area contributed by atoms with E-state index in [1.807, 2.05) is 0 Å². The maximum absolute atomic E-state index is 14.2. The van der Waals surface area contributed by atoms with Gasteiger partial charge in [-0.1, -0.05) is 0 Å². The van der Waals surface area contributed by atoms with Crippen molar-refractivity contribution in [1.82, 2.24) is 15.2 Å². The van der Waals surface area contributed by atoms with E-state index in [0.717, 1.165) is 23.2 Å². The zero-order chi connectivity index (χ0) is 27.4. The van der Waals surface area contributed by atoms with E-state index >= 15 is 0 Å². The Labute approximate surface area is 221 Å². The van der Waals surface area contributed by atoms with Gasteiger partial charge in [-0.15, -0.1) is 0 Å². The molecule has 0 aliphatic carbocycles. The lowest BCUT2D eigenvalue weighted by Gasteiger charge is -2.33. The highest BCUT2D eigenvalue weighted by Crippen LogP contribution is 2.42. The number of imide groups is 1. The van der Waals surface area contributed by atoms with E-state index in [9.17, 15) is 27.2 Å². The van der Waals surface area contributed by atoms with Gasteiger partial charge in [-0.2, -0.15) is 5.10 Å². The first-order valence-corrected chi connectivity index (χ1v) is 13.6. The molecule has 13 heteroatoms. The average molecular weight is 553 g/mol. The maximum Gasteiger partial charge on any atom is 0.325 e. The zero-order valence-electron chi connectivity index (χ0n) is 20.2. The van der Waals surface area contributed by atoms with Crippen LogP contribution in [0.1, 0.15) is 36.0 Å². The predicted molar refractivity (Wildman–Crippen MR) is 133 cm³/mol. The summed E-state index contributed by atoms with van der Waals surface area (Å²) in [5, 5.41) is 8.09. The van der Waals surface area contributed by atoms with Crippen LogP contribution in [-0.2, 0) is 25.0 Å². The van der Waals surface area contributed by atoms with Crippen LogP contribution in [0.2, 0.25) is 0 Å². The fourth-order valence-corrected chi connectivity index (χ4v) is 6.74. The minimum absolute atomic E-state index is 0.153. The summed E-state index contributed by atoms with van der Waals surface area (Å²) in [6, 6.07) is 8.34. The third kappa shape index (κ3) is 4.14. The van der Waals surface area contributed by atoms with Gasteiger partial charge in [0.2, 0.25) is 0 Å². The molecule has 3 aliphatic rings. The van der Waals surface area contributed by atoms with E-state index < -0.39 is 57.4 Å². The van der Waals surface area contributed by atoms with E-state index in [1.165, 1.54) is 12.5 Å². The summed E-state index contributed by atoms with van der Waals surface area (Å²) in [6.07, 6.45) is 6.39. The van der Waals surface area contributed by atoms with Crippen LogP contribution in [0.3, 0.4) is 0 Å². The molecule has 1 saturated heterocycles. The van der Waals surface area contributed by atoms with Gasteiger partial charge in [0.25, 0.3) is 11.8 Å². The number of halogens is 1. The molecule has 5 heterocycles. The highest BCUT2D eigenvalue weighted by atomic mass is 32.2. The van der Waals surface area contributed by atoms with Crippen molar-refractivity contribution in [3.05, 3.63) is 84.0 Å². The van der Waals surface area contributed by atoms with E-state index in [4.69, 9.17) is 8.83 Å². The molecule has 4 amide bonds. The Morgan fingerprint density at radius 1 is 1.15 bits per heavy atom. The molecule has 39 heavy (non-hydrogen) atoms. The van der Waals surface area contributed by atoms with Gasteiger partial charge >= 0.3 is 6.03 Å². The molecule has 0 saturated carbocycles. The minimum atomic E-state index is -3.78. The summed E-state index contributed by atoms with van der Waals surface area (Å²) in [5.74, 6) is -1.64. The standard InChI is InChI=1S/C26H21FN4O7S/c27-16-5-8-22-19(13-16)26(9-12-39(22,35)36)24(33)30(25(34)28-26)15-23(32)31-20(21-4-2-11-38-21)14-17(29-31)6-7-18-3-1-10-37-18/h1-8,10-11,13,20H,9,12,14-15H2,(H,28,34)/b7-6+. The molecule has 1 aromatic carbocycles. The number of nitrogens with zero attached hydrogens (tertiary/aromatic N) is 3. The third-order valence-electron chi connectivity index (χ3n) is 7.00. The van der Waals surface area contributed by atoms with Crippen molar-refractivity contribution in [1.29, 1.82) is 0 Å². The number of furan rings is 2. The molecule has 0 radical (unpaired) electrons. The maximum atomic E-state index is 14.2.